The van der Waals surface area contributed by atoms with Crippen molar-refractivity contribution in [1.29, 1.82) is 0 Å². The van der Waals surface area contributed by atoms with Gasteiger partial charge in [0.1, 0.15) is 0 Å². The zero-order valence-electron chi connectivity index (χ0n) is 7.20. The van der Waals surface area contributed by atoms with Crippen molar-refractivity contribution >= 4 is 0 Å². The Morgan fingerprint density at radius 3 is 2.60 bits per heavy atom. The second kappa shape index (κ2) is 2.89. The maximum Gasteiger partial charge on any atom is 0.0139 e. The molecule has 1 aliphatic rings. The summed E-state index contributed by atoms with van der Waals surface area (Å²) in [5, 5.41) is 6.80. The van der Waals surface area contributed by atoms with Crippen molar-refractivity contribution in [3.05, 3.63) is 0 Å². The normalized spacial score (nSPS) is 32.1. The van der Waals surface area contributed by atoms with E-state index in [9.17, 15) is 0 Å². The molecule has 1 aliphatic heterocycles. The van der Waals surface area contributed by atoms with E-state index in [4.69, 9.17) is 0 Å². The van der Waals surface area contributed by atoms with E-state index in [0.717, 1.165) is 12.6 Å². The van der Waals surface area contributed by atoms with Crippen LogP contribution in [-0.2, 0) is 0 Å². The van der Waals surface area contributed by atoms with Crippen LogP contribution in [0.5, 0.6) is 0 Å². The van der Waals surface area contributed by atoms with Gasteiger partial charge in [-0.1, -0.05) is 0 Å². The zero-order valence-corrected chi connectivity index (χ0v) is 7.20. The van der Waals surface area contributed by atoms with Gasteiger partial charge in [0.25, 0.3) is 0 Å². The number of piperidine rings is 1. The molecule has 0 amide bonds. The first-order valence-electron chi connectivity index (χ1n) is 4.06. The van der Waals surface area contributed by atoms with E-state index < -0.39 is 0 Å². The van der Waals surface area contributed by atoms with Crippen molar-refractivity contribution in [2.75, 3.05) is 13.6 Å². The Morgan fingerprint density at radius 2 is 2.20 bits per heavy atom. The fourth-order valence-corrected chi connectivity index (χ4v) is 1.62. The van der Waals surface area contributed by atoms with Crippen LogP contribution in [0.15, 0.2) is 0 Å². The summed E-state index contributed by atoms with van der Waals surface area (Å²) in [5.41, 5.74) is 0.339. The highest BCUT2D eigenvalue weighted by Gasteiger charge is 2.25. The van der Waals surface area contributed by atoms with Crippen molar-refractivity contribution in [3.63, 3.8) is 0 Å². The van der Waals surface area contributed by atoms with Gasteiger partial charge in [0.2, 0.25) is 0 Å². The smallest absolute Gasteiger partial charge is 0.0139 e. The molecule has 0 aromatic heterocycles. The Hall–Kier alpha value is -0.0800. The predicted octanol–water partition coefficient (Wildman–Crippen LogP) is 0.736. The minimum Gasteiger partial charge on any atom is -0.317 e. The van der Waals surface area contributed by atoms with Crippen molar-refractivity contribution < 1.29 is 0 Å². The molecule has 0 aromatic carbocycles. The van der Waals surface area contributed by atoms with Crippen LogP contribution in [0.4, 0.5) is 0 Å². The minimum absolute atomic E-state index is 0.339. The third-order valence-corrected chi connectivity index (χ3v) is 2.26. The van der Waals surface area contributed by atoms with Crippen LogP contribution < -0.4 is 10.6 Å². The van der Waals surface area contributed by atoms with Gasteiger partial charge in [-0.15, -0.1) is 0 Å². The fraction of sp³-hybridized carbons (Fsp3) is 1.00. The van der Waals surface area contributed by atoms with Crippen molar-refractivity contribution in [3.8, 4) is 0 Å². The summed E-state index contributed by atoms with van der Waals surface area (Å²) in [4.78, 5) is 0. The number of hydrogen-bond donors (Lipinski definition) is 2. The molecule has 2 N–H and O–H groups in total. The summed E-state index contributed by atoms with van der Waals surface area (Å²) < 4.78 is 0. The summed E-state index contributed by atoms with van der Waals surface area (Å²) in [6.45, 7) is 5.67. The second-order valence-corrected chi connectivity index (χ2v) is 3.79. The van der Waals surface area contributed by atoms with Crippen LogP contribution in [0.2, 0.25) is 0 Å². The molecule has 0 bridgehead atoms. The Kier molecular flexibility index (Phi) is 2.32. The molecule has 0 aliphatic carbocycles. The number of rotatable bonds is 1. The Balaban J connectivity index is 2.40. The standard InChI is InChI=1S/C8H18N2/c1-8(2)6-7(9-3)4-5-10-8/h7,9-10H,4-6H2,1-3H3. The molecule has 1 saturated heterocycles. The second-order valence-electron chi connectivity index (χ2n) is 3.79. The zero-order chi connectivity index (χ0) is 7.61. The molecule has 0 spiro atoms. The van der Waals surface area contributed by atoms with Crippen molar-refractivity contribution in [2.45, 2.75) is 38.3 Å². The summed E-state index contributed by atoms with van der Waals surface area (Å²) in [6, 6.07) is 0.719. The van der Waals surface area contributed by atoms with E-state index in [0.29, 0.717) is 5.54 Å². The first kappa shape index (κ1) is 8.02. The molecule has 1 unspecified atom stereocenters. The first-order valence-corrected chi connectivity index (χ1v) is 4.06. The average molecular weight is 142 g/mol. The summed E-state index contributed by atoms with van der Waals surface area (Å²) in [7, 11) is 2.05. The molecule has 0 saturated carbocycles. The SMILES string of the molecule is CNC1CCNC(C)(C)C1. The van der Waals surface area contributed by atoms with Gasteiger partial charge in [-0.3, -0.25) is 0 Å². The quantitative estimate of drug-likeness (QED) is 0.564. The van der Waals surface area contributed by atoms with Crippen molar-refractivity contribution in [1.82, 2.24) is 10.6 Å². The van der Waals surface area contributed by atoms with Gasteiger partial charge < -0.3 is 10.6 Å². The maximum absolute atomic E-state index is 3.48. The Bertz CT molecular complexity index is 110. The van der Waals surface area contributed by atoms with Gasteiger partial charge in [-0.05, 0) is 40.3 Å². The van der Waals surface area contributed by atoms with E-state index in [-0.39, 0.29) is 0 Å². The predicted molar refractivity (Wildman–Crippen MR) is 44.2 cm³/mol. The van der Waals surface area contributed by atoms with Gasteiger partial charge >= 0.3 is 0 Å². The van der Waals surface area contributed by atoms with Gasteiger partial charge in [-0.25, -0.2) is 0 Å². The molecule has 1 fully saturated rings. The highest BCUT2D eigenvalue weighted by Crippen LogP contribution is 2.17. The lowest BCUT2D eigenvalue weighted by Gasteiger charge is -2.36. The lowest BCUT2D eigenvalue weighted by Crippen LogP contribution is -2.51. The number of hydrogen-bond acceptors (Lipinski definition) is 2. The molecule has 60 valence electrons. The molecule has 10 heavy (non-hydrogen) atoms. The monoisotopic (exact) mass is 142 g/mol. The third kappa shape index (κ3) is 1.96. The fourth-order valence-electron chi connectivity index (χ4n) is 1.62. The van der Waals surface area contributed by atoms with Gasteiger partial charge in [-0.2, -0.15) is 0 Å². The largest absolute Gasteiger partial charge is 0.317 e. The highest BCUT2D eigenvalue weighted by molar-refractivity contribution is 4.88. The van der Waals surface area contributed by atoms with E-state index in [1.165, 1.54) is 12.8 Å². The summed E-state index contributed by atoms with van der Waals surface area (Å²) in [5.74, 6) is 0. The van der Waals surface area contributed by atoms with Gasteiger partial charge in [0.15, 0.2) is 0 Å². The minimum atomic E-state index is 0.339. The third-order valence-electron chi connectivity index (χ3n) is 2.26. The molecule has 1 rings (SSSR count). The molecule has 2 nitrogen and oxygen atoms in total. The molecule has 0 aromatic rings. The van der Waals surface area contributed by atoms with E-state index in [2.05, 4.69) is 24.5 Å². The van der Waals surface area contributed by atoms with E-state index in [1.807, 2.05) is 7.05 Å². The Morgan fingerprint density at radius 1 is 1.50 bits per heavy atom. The highest BCUT2D eigenvalue weighted by atomic mass is 15.0. The van der Waals surface area contributed by atoms with E-state index >= 15 is 0 Å². The average Bonchev–Trinajstić information content (AvgIpc) is 1.86. The topological polar surface area (TPSA) is 24.1 Å². The van der Waals surface area contributed by atoms with Crippen LogP contribution in [-0.4, -0.2) is 25.2 Å². The van der Waals surface area contributed by atoms with Crippen LogP contribution >= 0.6 is 0 Å². The molecule has 0 radical (unpaired) electrons. The van der Waals surface area contributed by atoms with Crippen molar-refractivity contribution in [2.24, 2.45) is 0 Å². The van der Waals surface area contributed by atoms with E-state index in [1.54, 1.807) is 0 Å². The summed E-state index contributed by atoms with van der Waals surface area (Å²) >= 11 is 0. The molecular formula is C8H18N2. The lowest BCUT2D eigenvalue weighted by molar-refractivity contribution is 0.256. The lowest BCUT2D eigenvalue weighted by atomic mass is 9.89. The van der Waals surface area contributed by atoms with Crippen LogP contribution in [0.25, 0.3) is 0 Å². The first-order chi connectivity index (χ1) is 4.64. The van der Waals surface area contributed by atoms with Crippen LogP contribution in [0.1, 0.15) is 26.7 Å². The van der Waals surface area contributed by atoms with Gasteiger partial charge in [0, 0.05) is 11.6 Å². The van der Waals surface area contributed by atoms with Crippen LogP contribution in [0, 0.1) is 0 Å². The molecule has 1 atom stereocenters. The molecule has 2 heteroatoms. The van der Waals surface area contributed by atoms with Gasteiger partial charge in [0.05, 0.1) is 0 Å². The summed E-state index contributed by atoms with van der Waals surface area (Å²) in [6.07, 6.45) is 2.50. The maximum atomic E-state index is 3.48. The Labute approximate surface area is 63.4 Å². The molecular weight excluding hydrogens is 124 g/mol. The molecule has 1 heterocycles. The number of nitrogens with one attached hydrogen (secondary N) is 2. The van der Waals surface area contributed by atoms with Crippen LogP contribution in [0.3, 0.4) is 0 Å².